The standard InChI is InChI=1S/C14H20N4/c15-13-6-5-9-18-12(10-16-14(13)18)11-17-7-3-1-2-4-8-17/h5-6,9-10H,1-4,7-8,11,15H2. The molecular formula is C14H20N4. The minimum absolute atomic E-state index is 0.750. The highest BCUT2D eigenvalue weighted by Crippen LogP contribution is 2.17. The maximum Gasteiger partial charge on any atom is 0.160 e. The van der Waals surface area contributed by atoms with E-state index in [0.717, 1.165) is 17.9 Å². The molecule has 0 saturated carbocycles. The molecule has 4 nitrogen and oxygen atoms in total. The third-order valence-corrected chi connectivity index (χ3v) is 3.73. The smallest absolute Gasteiger partial charge is 0.160 e. The van der Waals surface area contributed by atoms with Gasteiger partial charge in [0.1, 0.15) is 0 Å². The monoisotopic (exact) mass is 244 g/mol. The van der Waals surface area contributed by atoms with E-state index in [1.54, 1.807) is 0 Å². The number of hydrogen-bond donors (Lipinski definition) is 1. The van der Waals surface area contributed by atoms with Crippen LogP contribution < -0.4 is 5.73 Å². The number of anilines is 1. The lowest BCUT2D eigenvalue weighted by Crippen LogP contribution is -2.24. The summed E-state index contributed by atoms with van der Waals surface area (Å²) in [7, 11) is 0. The van der Waals surface area contributed by atoms with Crippen molar-refractivity contribution in [2.45, 2.75) is 32.2 Å². The number of nitrogens with two attached hydrogens (primary N) is 1. The Bertz CT molecular complexity index is 524. The second-order valence-electron chi connectivity index (χ2n) is 5.10. The summed E-state index contributed by atoms with van der Waals surface area (Å²) in [6.07, 6.45) is 9.38. The number of pyridine rings is 1. The molecule has 1 aliphatic rings. The molecule has 4 heteroatoms. The van der Waals surface area contributed by atoms with Crippen molar-refractivity contribution in [3.63, 3.8) is 0 Å². The van der Waals surface area contributed by atoms with Crippen LogP contribution in [0.2, 0.25) is 0 Å². The number of imidazole rings is 1. The Balaban J connectivity index is 1.83. The Kier molecular flexibility index (Phi) is 3.19. The molecule has 1 saturated heterocycles. The molecule has 0 bridgehead atoms. The van der Waals surface area contributed by atoms with Crippen molar-refractivity contribution in [1.82, 2.24) is 14.3 Å². The Hall–Kier alpha value is -1.55. The van der Waals surface area contributed by atoms with Gasteiger partial charge in [-0.1, -0.05) is 12.8 Å². The van der Waals surface area contributed by atoms with Gasteiger partial charge >= 0.3 is 0 Å². The van der Waals surface area contributed by atoms with Crippen molar-refractivity contribution in [1.29, 1.82) is 0 Å². The van der Waals surface area contributed by atoms with Crippen molar-refractivity contribution < 1.29 is 0 Å². The number of fused-ring (bicyclic) bond motifs is 1. The van der Waals surface area contributed by atoms with Crippen LogP contribution in [-0.4, -0.2) is 27.4 Å². The van der Waals surface area contributed by atoms with Gasteiger partial charge in [0.25, 0.3) is 0 Å². The van der Waals surface area contributed by atoms with Gasteiger partial charge in [-0.15, -0.1) is 0 Å². The van der Waals surface area contributed by atoms with Gasteiger partial charge < -0.3 is 10.1 Å². The average molecular weight is 244 g/mol. The van der Waals surface area contributed by atoms with E-state index < -0.39 is 0 Å². The van der Waals surface area contributed by atoms with Gasteiger partial charge in [-0.05, 0) is 38.1 Å². The van der Waals surface area contributed by atoms with Crippen molar-refractivity contribution in [2.24, 2.45) is 0 Å². The molecule has 2 N–H and O–H groups in total. The Morgan fingerprint density at radius 1 is 1.17 bits per heavy atom. The van der Waals surface area contributed by atoms with E-state index in [4.69, 9.17) is 5.73 Å². The van der Waals surface area contributed by atoms with Gasteiger partial charge in [-0.25, -0.2) is 4.98 Å². The minimum atomic E-state index is 0.750. The second kappa shape index (κ2) is 4.98. The molecule has 0 aliphatic carbocycles. The topological polar surface area (TPSA) is 46.6 Å². The second-order valence-corrected chi connectivity index (χ2v) is 5.10. The zero-order valence-electron chi connectivity index (χ0n) is 10.7. The van der Waals surface area contributed by atoms with Gasteiger partial charge in [0, 0.05) is 12.7 Å². The Labute approximate surface area is 107 Å². The predicted molar refractivity (Wildman–Crippen MR) is 73.3 cm³/mol. The van der Waals surface area contributed by atoms with Gasteiger partial charge in [0.2, 0.25) is 0 Å². The molecule has 1 fully saturated rings. The van der Waals surface area contributed by atoms with Gasteiger partial charge in [0.05, 0.1) is 17.6 Å². The largest absolute Gasteiger partial charge is 0.396 e. The number of nitrogen functional groups attached to an aromatic ring is 1. The fourth-order valence-corrected chi connectivity index (χ4v) is 2.72. The number of aromatic nitrogens is 2. The summed E-state index contributed by atoms with van der Waals surface area (Å²) < 4.78 is 2.11. The van der Waals surface area contributed by atoms with Crippen LogP contribution in [0.4, 0.5) is 5.69 Å². The lowest BCUT2D eigenvalue weighted by molar-refractivity contribution is 0.273. The van der Waals surface area contributed by atoms with Crippen molar-refractivity contribution in [2.75, 3.05) is 18.8 Å². The first-order valence-corrected chi connectivity index (χ1v) is 6.77. The highest BCUT2D eigenvalue weighted by Gasteiger charge is 2.12. The third kappa shape index (κ3) is 2.20. The SMILES string of the molecule is Nc1cccn2c(CN3CCCCCC3)cnc12. The molecule has 3 heterocycles. The van der Waals surface area contributed by atoms with Crippen LogP contribution in [0.3, 0.4) is 0 Å². The molecule has 96 valence electrons. The maximum atomic E-state index is 5.93. The van der Waals surface area contributed by atoms with E-state index in [-0.39, 0.29) is 0 Å². The third-order valence-electron chi connectivity index (χ3n) is 3.73. The first-order valence-electron chi connectivity index (χ1n) is 6.77. The molecular weight excluding hydrogens is 224 g/mol. The van der Waals surface area contributed by atoms with E-state index in [1.807, 2.05) is 24.5 Å². The van der Waals surface area contributed by atoms with Gasteiger partial charge in [-0.3, -0.25) is 4.90 Å². The van der Waals surface area contributed by atoms with E-state index in [9.17, 15) is 0 Å². The number of hydrogen-bond acceptors (Lipinski definition) is 3. The molecule has 0 aromatic carbocycles. The van der Waals surface area contributed by atoms with Crippen LogP contribution in [0.5, 0.6) is 0 Å². The number of likely N-dealkylation sites (tertiary alicyclic amines) is 1. The van der Waals surface area contributed by atoms with E-state index in [0.29, 0.717) is 0 Å². The van der Waals surface area contributed by atoms with Crippen LogP contribution in [0.25, 0.3) is 5.65 Å². The van der Waals surface area contributed by atoms with Crippen LogP contribution in [0.1, 0.15) is 31.4 Å². The average Bonchev–Trinajstić information content (AvgIpc) is 2.61. The molecule has 1 aliphatic heterocycles. The molecule has 0 unspecified atom stereocenters. The maximum absolute atomic E-state index is 5.93. The molecule has 0 radical (unpaired) electrons. The summed E-state index contributed by atoms with van der Waals surface area (Å²) in [5, 5.41) is 0. The molecule has 0 spiro atoms. The molecule has 0 atom stereocenters. The number of rotatable bonds is 2. The molecule has 18 heavy (non-hydrogen) atoms. The first-order chi connectivity index (χ1) is 8.84. The van der Waals surface area contributed by atoms with Gasteiger partial charge in [-0.2, -0.15) is 0 Å². The highest BCUT2D eigenvalue weighted by molar-refractivity contribution is 5.64. The van der Waals surface area contributed by atoms with Crippen molar-refractivity contribution >= 4 is 11.3 Å². The van der Waals surface area contributed by atoms with Crippen molar-refractivity contribution in [3.8, 4) is 0 Å². The van der Waals surface area contributed by atoms with Crippen LogP contribution >= 0.6 is 0 Å². The minimum Gasteiger partial charge on any atom is -0.396 e. The summed E-state index contributed by atoms with van der Waals surface area (Å²) >= 11 is 0. The Morgan fingerprint density at radius 3 is 2.72 bits per heavy atom. The Morgan fingerprint density at radius 2 is 1.94 bits per heavy atom. The van der Waals surface area contributed by atoms with E-state index in [2.05, 4.69) is 14.3 Å². The summed E-state index contributed by atoms with van der Waals surface area (Å²) in [5.74, 6) is 0. The zero-order valence-corrected chi connectivity index (χ0v) is 10.7. The fraction of sp³-hybridized carbons (Fsp3) is 0.500. The first kappa shape index (κ1) is 11.5. The van der Waals surface area contributed by atoms with E-state index >= 15 is 0 Å². The zero-order chi connectivity index (χ0) is 12.4. The molecule has 2 aromatic heterocycles. The van der Waals surface area contributed by atoms with Crippen LogP contribution in [0.15, 0.2) is 24.5 Å². The van der Waals surface area contributed by atoms with Crippen molar-refractivity contribution in [3.05, 3.63) is 30.2 Å². The van der Waals surface area contributed by atoms with Gasteiger partial charge in [0.15, 0.2) is 5.65 Å². The highest BCUT2D eigenvalue weighted by atomic mass is 15.1. The fourth-order valence-electron chi connectivity index (χ4n) is 2.72. The van der Waals surface area contributed by atoms with E-state index in [1.165, 1.54) is 44.5 Å². The molecule has 2 aromatic rings. The lowest BCUT2D eigenvalue weighted by Gasteiger charge is -2.19. The molecule has 3 rings (SSSR count). The van der Waals surface area contributed by atoms with Crippen LogP contribution in [-0.2, 0) is 6.54 Å². The summed E-state index contributed by atoms with van der Waals surface area (Å²) in [4.78, 5) is 6.95. The summed E-state index contributed by atoms with van der Waals surface area (Å²) in [6.45, 7) is 3.38. The number of nitrogens with zero attached hydrogens (tertiary/aromatic N) is 3. The summed E-state index contributed by atoms with van der Waals surface area (Å²) in [5.41, 5.74) is 8.79. The normalized spacial score (nSPS) is 18.0. The lowest BCUT2D eigenvalue weighted by atomic mass is 10.2. The molecule has 0 amide bonds. The quantitative estimate of drug-likeness (QED) is 0.881. The summed E-state index contributed by atoms with van der Waals surface area (Å²) in [6, 6.07) is 3.88. The van der Waals surface area contributed by atoms with Crippen LogP contribution in [0, 0.1) is 0 Å². The predicted octanol–water partition coefficient (Wildman–Crippen LogP) is 2.29.